The van der Waals surface area contributed by atoms with Crippen LogP contribution >= 0.6 is 0 Å². The van der Waals surface area contributed by atoms with Gasteiger partial charge in [0.1, 0.15) is 18.3 Å². The number of hydrogen-bond acceptors (Lipinski definition) is 7. The minimum Gasteiger partial charge on any atom is -0.371 e. The summed E-state index contributed by atoms with van der Waals surface area (Å²) in [5, 5.41) is 6.95. The van der Waals surface area contributed by atoms with Gasteiger partial charge in [-0.15, -0.1) is 0 Å². The van der Waals surface area contributed by atoms with Gasteiger partial charge in [0.25, 0.3) is 11.5 Å². The van der Waals surface area contributed by atoms with Crippen LogP contribution < -0.4 is 16.6 Å². The molecule has 4 rings (SSSR count). The first-order valence-electron chi connectivity index (χ1n) is 9.72. The Morgan fingerprint density at radius 2 is 2.07 bits per heavy atom. The third-order valence-electron chi connectivity index (χ3n) is 5.54. The zero-order valence-corrected chi connectivity index (χ0v) is 17.2. The van der Waals surface area contributed by atoms with Gasteiger partial charge in [0.15, 0.2) is 5.79 Å². The smallest absolute Gasteiger partial charge is 0.328 e. The molecule has 0 unspecified atom stereocenters. The molecule has 11 nitrogen and oxygen atoms in total. The number of hydrogen-bond donors (Lipinski definition) is 2. The van der Waals surface area contributed by atoms with E-state index in [4.69, 9.17) is 14.2 Å². The lowest BCUT2D eigenvalue weighted by Gasteiger charge is -2.37. The summed E-state index contributed by atoms with van der Waals surface area (Å²) in [5.41, 5.74) is 0.238. The van der Waals surface area contributed by atoms with Gasteiger partial charge in [-0.05, 0) is 20.8 Å². The van der Waals surface area contributed by atoms with E-state index >= 15 is 0 Å². The van der Waals surface area contributed by atoms with E-state index in [-0.39, 0.29) is 19.1 Å². The van der Waals surface area contributed by atoms with Gasteiger partial charge in [-0.25, -0.2) is 4.79 Å². The van der Waals surface area contributed by atoms with Crippen molar-refractivity contribution >= 4 is 5.91 Å². The van der Waals surface area contributed by atoms with E-state index in [0.29, 0.717) is 5.56 Å². The van der Waals surface area contributed by atoms with Crippen molar-refractivity contribution in [2.24, 2.45) is 7.05 Å². The maximum atomic E-state index is 12.5. The molecule has 2 N–H and O–H groups in total. The number of aromatic nitrogens is 4. The molecule has 1 amide bonds. The van der Waals surface area contributed by atoms with Crippen LogP contribution in [0.5, 0.6) is 0 Å². The summed E-state index contributed by atoms with van der Waals surface area (Å²) in [6.07, 6.45) is 1.49. The molecule has 2 saturated heterocycles. The average Bonchev–Trinajstić information content (AvgIpc) is 3.18. The first kappa shape index (κ1) is 20.5. The van der Waals surface area contributed by atoms with Gasteiger partial charge in [0.2, 0.25) is 0 Å². The fourth-order valence-electron chi connectivity index (χ4n) is 3.93. The molecule has 0 saturated carbocycles. The molecule has 0 bridgehead atoms. The summed E-state index contributed by atoms with van der Waals surface area (Å²) in [4.78, 5) is 38.4. The number of carbonyl (C=O) groups excluding carboxylic acids is 1. The molecular formula is C19H25N5O6. The first-order valence-corrected chi connectivity index (χ1v) is 9.72. The predicted molar refractivity (Wildman–Crippen MR) is 104 cm³/mol. The highest BCUT2D eigenvalue weighted by molar-refractivity contribution is 5.95. The predicted octanol–water partition coefficient (Wildman–Crippen LogP) is -0.531. The standard InChI is InChI=1S/C19H25N5O6/c1-10-11(7-21-23(10)4)17(26)20-8-13-16-15(29-19(2,3)30-16)12(9-28-13)24-6-5-14(25)22-18(24)27/h5-7,12-13,15-16H,8-9H2,1-4H3,(H,20,26)(H,22,25,27)/t12-,13-,15+,16-/m1/s1. The van der Waals surface area contributed by atoms with Crippen LogP contribution in [0.4, 0.5) is 0 Å². The molecular weight excluding hydrogens is 394 g/mol. The van der Waals surface area contributed by atoms with Crippen molar-refractivity contribution < 1.29 is 19.0 Å². The molecule has 162 valence electrons. The minimum atomic E-state index is -0.880. The van der Waals surface area contributed by atoms with E-state index < -0.39 is 41.4 Å². The van der Waals surface area contributed by atoms with Crippen molar-refractivity contribution in [3.63, 3.8) is 0 Å². The second-order valence-electron chi connectivity index (χ2n) is 8.00. The number of H-pyrrole nitrogens is 1. The van der Waals surface area contributed by atoms with Crippen LogP contribution in [0.1, 0.15) is 35.9 Å². The largest absolute Gasteiger partial charge is 0.371 e. The quantitative estimate of drug-likeness (QED) is 0.681. The second-order valence-corrected chi connectivity index (χ2v) is 8.00. The number of amides is 1. The van der Waals surface area contributed by atoms with Crippen LogP contribution in [0.25, 0.3) is 0 Å². The molecule has 11 heteroatoms. The van der Waals surface area contributed by atoms with Crippen LogP contribution in [-0.4, -0.2) is 62.5 Å². The van der Waals surface area contributed by atoms with Crippen LogP contribution in [0.15, 0.2) is 28.0 Å². The molecule has 2 aromatic rings. The number of fused-ring (bicyclic) bond motifs is 1. The Morgan fingerprint density at radius 3 is 2.73 bits per heavy atom. The van der Waals surface area contributed by atoms with E-state index in [1.54, 1.807) is 25.6 Å². The Hall–Kier alpha value is -2.76. The van der Waals surface area contributed by atoms with E-state index in [0.717, 1.165) is 5.69 Å². The summed E-state index contributed by atoms with van der Waals surface area (Å²) in [6, 6.07) is 0.800. The highest BCUT2D eigenvalue weighted by atomic mass is 16.8. The topological polar surface area (TPSA) is 129 Å². The lowest BCUT2D eigenvalue weighted by molar-refractivity contribution is -0.153. The number of rotatable bonds is 4. The number of aromatic amines is 1. The molecule has 0 aromatic carbocycles. The number of carbonyl (C=O) groups is 1. The third kappa shape index (κ3) is 3.71. The van der Waals surface area contributed by atoms with Gasteiger partial charge in [-0.3, -0.25) is 23.8 Å². The summed E-state index contributed by atoms with van der Waals surface area (Å²) >= 11 is 0. The monoisotopic (exact) mass is 419 g/mol. The van der Waals surface area contributed by atoms with E-state index in [2.05, 4.69) is 15.4 Å². The van der Waals surface area contributed by atoms with Gasteiger partial charge in [0.05, 0.1) is 24.4 Å². The van der Waals surface area contributed by atoms with Crippen molar-refractivity contribution in [3.05, 3.63) is 50.6 Å². The molecule has 0 spiro atoms. The van der Waals surface area contributed by atoms with Crippen LogP contribution in [0.2, 0.25) is 0 Å². The third-order valence-corrected chi connectivity index (χ3v) is 5.54. The second kappa shape index (κ2) is 7.49. The average molecular weight is 419 g/mol. The van der Waals surface area contributed by atoms with E-state index in [9.17, 15) is 14.4 Å². The van der Waals surface area contributed by atoms with Crippen molar-refractivity contribution in [1.29, 1.82) is 0 Å². The van der Waals surface area contributed by atoms with Crippen molar-refractivity contribution in [1.82, 2.24) is 24.6 Å². The highest BCUT2D eigenvalue weighted by Gasteiger charge is 2.52. The summed E-state index contributed by atoms with van der Waals surface area (Å²) in [6.45, 7) is 5.76. The maximum absolute atomic E-state index is 12.5. The molecule has 2 aliphatic heterocycles. The molecule has 4 atom stereocenters. The number of aryl methyl sites for hydroxylation is 1. The van der Waals surface area contributed by atoms with Gasteiger partial charge >= 0.3 is 5.69 Å². The number of nitrogens with one attached hydrogen (secondary N) is 2. The van der Waals surface area contributed by atoms with Crippen molar-refractivity contribution in [2.45, 2.75) is 50.9 Å². The minimum absolute atomic E-state index is 0.166. The number of ether oxygens (including phenoxy) is 3. The Kier molecular flexibility index (Phi) is 5.12. The van der Waals surface area contributed by atoms with Gasteiger partial charge in [0, 0.05) is 31.5 Å². The van der Waals surface area contributed by atoms with Crippen LogP contribution in [0, 0.1) is 6.92 Å². The molecule has 2 aromatic heterocycles. The summed E-state index contributed by atoms with van der Waals surface area (Å²) in [7, 11) is 1.77. The Bertz CT molecular complexity index is 1070. The SMILES string of the molecule is Cc1c(C(=O)NC[C@H]2OC[C@@H](n3ccc(=O)[nH]c3=O)[C@@H]3OC(C)(C)O[C@@H]32)cnn1C. The maximum Gasteiger partial charge on any atom is 0.328 e. The van der Waals surface area contributed by atoms with Gasteiger partial charge in [-0.1, -0.05) is 0 Å². The molecule has 2 fully saturated rings. The van der Waals surface area contributed by atoms with E-state index in [1.165, 1.54) is 23.0 Å². The Labute approximate surface area is 171 Å². The first-order chi connectivity index (χ1) is 14.2. The van der Waals surface area contributed by atoms with Gasteiger partial charge < -0.3 is 19.5 Å². The van der Waals surface area contributed by atoms with E-state index in [1.807, 2.05) is 6.92 Å². The van der Waals surface area contributed by atoms with Crippen LogP contribution in [0.3, 0.4) is 0 Å². The lowest BCUT2D eigenvalue weighted by atomic mass is 9.97. The van der Waals surface area contributed by atoms with Gasteiger partial charge in [-0.2, -0.15) is 5.10 Å². The fraction of sp³-hybridized carbons (Fsp3) is 0.579. The molecule has 0 aliphatic carbocycles. The molecule has 2 aliphatic rings. The summed E-state index contributed by atoms with van der Waals surface area (Å²) < 4.78 is 21.1. The lowest BCUT2D eigenvalue weighted by Crippen LogP contribution is -2.54. The van der Waals surface area contributed by atoms with Crippen molar-refractivity contribution in [2.75, 3.05) is 13.2 Å². The Balaban J connectivity index is 1.52. The van der Waals surface area contributed by atoms with Crippen molar-refractivity contribution in [3.8, 4) is 0 Å². The molecule has 30 heavy (non-hydrogen) atoms. The number of nitrogens with zero attached hydrogens (tertiary/aromatic N) is 3. The normalized spacial score (nSPS) is 27.6. The zero-order valence-electron chi connectivity index (χ0n) is 17.2. The zero-order chi connectivity index (χ0) is 21.6. The Morgan fingerprint density at radius 1 is 1.33 bits per heavy atom. The fourth-order valence-corrected chi connectivity index (χ4v) is 3.93. The highest BCUT2D eigenvalue weighted by Crippen LogP contribution is 2.39. The molecule has 4 heterocycles. The summed E-state index contributed by atoms with van der Waals surface area (Å²) in [5.74, 6) is -1.13. The van der Waals surface area contributed by atoms with Crippen LogP contribution in [-0.2, 0) is 21.3 Å². The molecule has 0 radical (unpaired) electrons.